The fraction of sp³-hybridized carbons (Fsp3) is 0.118. The molecule has 0 saturated carbocycles. The maximum atomic E-state index is 14.0. The number of fused-ring (bicyclic) bond motifs is 1. The largest absolute Gasteiger partial charge is 0.384 e. The average Bonchev–Trinajstić information content (AvgIpc) is 2.46. The lowest BCUT2D eigenvalue weighted by Gasteiger charge is -2.13. The second-order valence-electron chi connectivity index (χ2n) is 4.97. The average molecular weight is 346 g/mol. The van der Waals surface area contributed by atoms with Gasteiger partial charge in [0.15, 0.2) is 0 Å². The number of aliphatic hydroxyl groups excluding tert-OH is 1. The number of rotatable bonds is 2. The lowest BCUT2D eigenvalue weighted by Crippen LogP contribution is -2.02. The van der Waals surface area contributed by atoms with Gasteiger partial charge < -0.3 is 5.11 Å². The Bertz CT molecular complexity index is 819. The molecule has 0 spiro atoms. The molecule has 0 aliphatic carbocycles. The zero-order chi connectivity index (χ0) is 15.0. The molecule has 1 heterocycles. The summed E-state index contributed by atoms with van der Waals surface area (Å²) in [5.41, 5.74) is 2.71. The molecule has 21 heavy (non-hydrogen) atoms. The van der Waals surface area contributed by atoms with Crippen molar-refractivity contribution >= 4 is 26.8 Å². The Balaban J connectivity index is 2.04. The van der Waals surface area contributed by atoms with Gasteiger partial charge in [0.2, 0.25) is 0 Å². The Labute approximate surface area is 130 Å². The molecule has 2 nitrogen and oxygen atoms in total. The molecule has 0 aliphatic rings. The molecule has 0 amide bonds. The summed E-state index contributed by atoms with van der Waals surface area (Å²) in [6.07, 6.45) is -0.996. The van der Waals surface area contributed by atoms with E-state index in [-0.39, 0.29) is 5.56 Å². The van der Waals surface area contributed by atoms with E-state index in [1.807, 2.05) is 31.2 Å². The lowest BCUT2D eigenvalue weighted by atomic mass is 9.99. The molecule has 0 aliphatic heterocycles. The van der Waals surface area contributed by atoms with Crippen molar-refractivity contribution < 1.29 is 9.50 Å². The predicted molar refractivity (Wildman–Crippen MR) is 84.6 cm³/mol. The van der Waals surface area contributed by atoms with E-state index in [4.69, 9.17) is 0 Å². The third kappa shape index (κ3) is 2.82. The third-order valence-electron chi connectivity index (χ3n) is 3.43. The van der Waals surface area contributed by atoms with Crippen molar-refractivity contribution in [2.45, 2.75) is 13.0 Å². The number of hydrogen-bond donors (Lipinski definition) is 1. The molecule has 3 rings (SSSR count). The van der Waals surface area contributed by atoms with Crippen LogP contribution in [-0.2, 0) is 0 Å². The highest BCUT2D eigenvalue weighted by molar-refractivity contribution is 9.10. The maximum absolute atomic E-state index is 14.0. The summed E-state index contributed by atoms with van der Waals surface area (Å²) >= 11 is 3.21. The normalized spacial score (nSPS) is 12.6. The Morgan fingerprint density at radius 2 is 1.90 bits per heavy atom. The molecule has 4 heteroatoms. The quantitative estimate of drug-likeness (QED) is 0.740. The summed E-state index contributed by atoms with van der Waals surface area (Å²) in [6.45, 7) is 1.93. The number of aromatic nitrogens is 1. The summed E-state index contributed by atoms with van der Waals surface area (Å²) in [6, 6.07) is 14.0. The van der Waals surface area contributed by atoms with E-state index >= 15 is 0 Å². The molecule has 0 saturated heterocycles. The van der Waals surface area contributed by atoms with Crippen LogP contribution in [0.3, 0.4) is 0 Å². The van der Waals surface area contributed by atoms with Gasteiger partial charge in [-0.25, -0.2) is 4.39 Å². The van der Waals surface area contributed by atoms with Gasteiger partial charge in [-0.3, -0.25) is 4.98 Å². The van der Waals surface area contributed by atoms with Gasteiger partial charge in [-0.1, -0.05) is 34.1 Å². The highest BCUT2D eigenvalue weighted by atomic mass is 79.9. The number of aliphatic hydroxyl groups is 1. The van der Waals surface area contributed by atoms with Gasteiger partial charge >= 0.3 is 0 Å². The minimum atomic E-state index is -0.996. The number of hydrogen-bond acceptors (Lipinski definition) is 2. The molecule has 106 valence electrons. The van der Waals surface area contributed by atoms with Crippen LogP contribution in [0.15, 0.2) is 53.0 Å². The second kappa shape index (κ2) is 5.54. The maximum Gasteiger partial charge on any atom is 0.130 e. The highest BCUT2D eigenvalue weighted by Gasteiger charge is 2.15. The summed E-state index contributed by atoms with van der Waals surface area (Å²) in [4.78, 5) is 4.42. The van der Waals surface area contributed by atoms with Crippen LogP contribution >= 0.6 is 15.9 Å². The standard InChI is InChI=1S/C17H13BrFNO/c1-10-2-3-11-8-12(4-7-16(11)20-10)17(21)14-6-5-13(18)9-15(14)19/h2-9,17,21H,1H3. The number of halogens is 2. The Kier molecular flexibility index (Phi) is 3.74. The van der Waals surface area contributed by atoms with Gasteiger partial charge in [-0.05, 0) is 42.8 Å². The number of pyridine rings is 1. The van der Waals surface area contributed by atoms with E-state index < -0.39 is 11.9 Å². The van der Waals surface area contributed by atoms with E-state index in [0.29, 0.717) is 10.0 Å². The van der Waals surface area contributed by atoms with Crippen LogP contribution < -0.4 is 0 Å². The van der Waals surface area contributed by atoms with Crippen LogP contribution in [0.4, 0.5) is 4.39 Å². The van der Waals surface area contributed by atoms with Gasteiger partial charge in [0.05, 0.1) is 5.52 Å². The van der Waals surface area contributed by atoms with Gasteiger partial charge in [0.25, 0.3) is 0 Å². The van der Waals surface area contributed by atoms with E-state index in [1.165, 1.54) is 6.07 Å². The van der Waals surface area contributed by atoms with Crippen LogP contribution in [-0.4, -0.2) is 10.1 Å². The monoisotopic (exact) mass is 345 g/mol. The van der Waals surface area contributed by atoms with Crippen molar-refractivity contribution in [3.8, 4) is 0 Å². The van der Waals surface area contributed by atoms with Gasteiger partial charge in [-0.2, -0.15) is 0 Å². The molecule has 1 aromatic heterocycles. The lowest BCUT2D eigenvalue weighted by molar-refractivity contribution is 0.215. The van der Waals surface area contributed by atoms with Gasteiger partial charge in [0, 0.05) is 21.1 Å². The van der Waals surface area contributed by atoms with Crippen LogP contribution in [0.1, 0.15) is 22.9 Å². The summed E-state index contributed by atoms with van der Waals surface area (Å²) in [5, 5.41) is 11.3. The van der Waals surface area contributed by atoms with Crippen molar-refractivity contribution in [3.63, 3.8) is 0 Å². The van der Waals surface area contributed by atoms with E-state index in [9.17, 15) is 9.50 Å². The molecule has 2 aromatic carbocycles. The zero-order valence-electron chi connectivity index (χ0n) is 11.3. The predicted octanol–water partition coefficient (Wildman–Crippen LogP) is 4.53. The first-order valence-electron chi connectivity index (χ1n) is 6.55. The molecular formula is C17H13BrFNO. The Morgan fingerprint density at radius 1 is 1.10 bits per heavy atom. The van der Waals surface area contributed by atoms with Crippen molar-refractivity contribution in [1.29, 1.82) is 0 Å². The zero-order valence-corrected chi connectivity index (χ0v) is 12.9. The Hall–Kier alpha value is -1.78. The van der Waals surface area contributed by atoms with E-state index in [2.05, 4.69) is 20.9 Å². The first-order valence-corrected chi connectivity index (χ1v) is 7.34. The molecule has 0 fully saturated rings. The van der Waals surface area contributed by atoms with Crippen molar-refractivity contribution in [2.24, 2.45) is 0 Å². The second-order valence-corrected chi connectivity index (χ2v) is 5.89. The molecule has 1 atom stereocenters. The summed E-state index contributed by atoms with van der Waals surface area (Å²) < 4.78 is 14.6. The van der Waals surface area contributed by atoms with Crippen LogP contribution in [0.5, 0.6) is 0 Å². The number of aryl methyl sites for hydroxylation is 1. The number of benzene rings is 2. The first-order chi connectivity index (χ1) is 10.0. The molecular weight excluding hydrogens is 333 g/mol. The minimum Gasteiger partial charge on any atom is -0.384 e. The number of nitrogens with zero attached hydrogens (tertiary/aromatic N) is 1. The van der Waals surface area contributed by atoms with E-state index in [1.54, 1.807) is 18.2 Å². The van der Waals surface area contributed by atoms with Crippen LogP contribution in [0, 0.1) is 12.7 Å². The molecule has 0 radical (unpaired) electrons. The third-order valence-corrected chi connectivity index (χ3v) is 3.92. The van der Waals surface area contributed by atoms with Crippen molar-refractivity contribution in [3.05, 3.63) is 75.6 Å². The highest BCUT2D eigenvalue weighted by Crippen LogP contribution is 2.28. The van der Waals surface area contributed by atoms with Gasteiger partial charge in [0.1, 0.15) is 11.9 Å². The smallest absolute Gasteiger partial charge is 0.130 e. The van der Waals surface area contributed by atoms with Crippen molar-refractivity contribution in [1.82, 2.24) is 4.98 Å². The minimum absolute atomic E-state index is 0.262. The summed E-state index contributed by atoms with van der Waals surface area (Å²) in [7, 11) is 0. The Morgan fingerprint density at radius 3 is 2.67 bits per heavy atom. The molecule has 1 N–H and O–H groups in total. The molecule has 0 bridgehead atoms. The topological polar surface area (TPSA) is 33.1 Å². The SMILES string of the molecule is Cc1ccc2cc(C(O)c3ccc(Br)cc3F)ccc2n1. The summed E-state index contributed by atoms with van der Waals surface area (Å²) in [5.74, 6) is -0.431. The van der Waals surface area contributed by atoms with Crippen LogP contribution in [0.25, 0.3) is 10.9 Å². The first kappa shape index (κ1) is 14.2. The fourth-order valence-electron chi connectivity index (χ4n) is 2.32. The van der Waals surface area contributed by atoms with Crippen molar-refractivity contribution in [2.75, 3.05) is 0 Å². The molecule has 3 aromatic rings. The van der Waals surface area contributed by atoms with E-state index in [0.717, 1.165) is 16.6 Å². The fourth-order valence-corrected chi connectivity index (χ4v) is 2.65. The van der Waals surface area contributed by atoms with Crippen LogP contribution in [0.2, 0.25) is 0 Å². The van der Waals surface area contributed by atoms with Gasteiger partial charge in [-0.15, -0.1) is 0 Å². The molecule has 1 unspecified atom stereocenters.